The summed E-state index contributed by atoms with van der Waals surface area (Å²) in [5.74, 6) is 0. The lowest BCUT2D eigenvalue weighted by Gasteiger charge is -2.18. The van der Waals surface area contributed by atoms with Gasteiger partial charge in [0, 0.05) is 6.61 Å². The Morgan fingerprint density at radius 3 is 1.07 bits per heavy atom. The van der Waals surface area contributed by atoms with E-state index in [1.807, 2.05) is 0 Å². The number of unbranched alkanes of at least 4 members (excludes halogenated alkanes) is 17. The van der Waals surface area contributed by atoms with Crippen molar-refractivity contribution in [2.24, 2.45) is 0 Å². The van der Waals surface area contributed by atoms with Crippen molar-refractivity contribution in [2.45, 2.75) is 168 Å². The quantitative estimate of drug-likeness (QED) is 0.147. The predicted molar refractivity (Wildman–Crippen MR) is 128 cm³/mol. The number of rotatable bonds is 24. The first kappa shape index (κ1) is 28.0. The van der Waals surface area contributed by atoms with Crippen LogP contribution in [0, 0.1) is 0 Å². The Hall–Kier alpha value is -0.0400. The van der Waals surface area contributed by atoms with Crippen molar-refractivity contribution in [1.29, 1.82) is 0 Å². The van der Waals surface area contributed by atoms with E-state index in [-0.39, 0.29) is 0 Å². The molecule has 0 heterocycles. The Morgan fingerprint density at radius 2 is 0.714 bits per heavy atom. The molecule has 0 saturated carbocycles. The summed E-state index contributed by atoms with van der Waals surface area (Å²) in [5.41, 5.74) is 0. The van der Waals surface area contributed by atoms with Gasteiger partial charge in [0.25, 0.3) is 0 Å². The first-order chi connectivity index (χ1) is 13.8. The normalized spacial score (nSPS) is 11.6. The molecule has 0 saturated heterocycles. The molecule has 0 rings (SSSR count). The topological polar surface area (TPSA) is 9.23 Å². The van der Waals surface area contributed by atoms with E-state index in [9.17, 15) is 0 Å². The smallest absolute Gasteiger partial charge is 0.0575 e. The van der Waals surface area contributed by atoms with Crippen molar-refractivity contribution in [1.82, 2.24) is 0 Å². The molecule has 0 aliphatic carbocycles. The van der Waals surface area contributed by atoms with Gasteiger partial charge in [0.2, 0.25) is 0 Å². The lowest BCUT2D eigenvalue weighted by atomic mass is 10.0. The fourth-order valence-corrected chi connectivity index (χ4v) is 4.07. The van der Waals surface area contributed by atoms with Crippen LogP contribution >= 0.6 is 0 Å². The van der Waals surface area contributed by atoms with Crippen LogP contribution in [0.15, 0.2) is 0 Å². The summed E-state index contributed by atoms with van der Waals surface area (Å²) >= 11 is 0. The van der Waals surface area contributed by atoms with Crippen LogP contribution in [0.3, 0.4) is 0 Å². The molecule has 0 atom stereocenters. The Balaban J connectivity index is 3.62. The standard InChI is InChI=1S/C27H56O/c1-4-7-10-12-14-16-18-20-22-24-27(28-26-9-6-3)25-23-21-19-17-15-13-11-8-5-2/h27H,4-26H2,1-3H3. The van der Waals surface area contributed by atoms with Crippen LogP contribution < -0.4 is 0 Å². The van der Waals surface area contributed by atoms with Gasteiger partial charge in [0.1, 0.15) is 0 Å². The van der Waals surface area contributed by atoms with Crippen LogP contribution in [-0.4, -0.2) is 12.7 Å². The Bertz CT molecular complexity index is 241. The van der Waals surface area contributed by atoms with Gasteiger partial charge < -0.3 is 4.74 Å². The summed E-state index contributed by atoms with van der Waals surface area (Å²) in [4.78, 5) is 0. The van der Waals surface area contributed by atoms with Crippen LogP contribution in [0.1, 0.15) is 162 Å². The third kappa shape index (κ3) is 22.3. The zero-order valence-corrected chi connectivity index (χ0v) is 20.2. The molecule has 0 aromatic heterocycles. The first-order valence-electron chi connectivity index (χ1n) is 13.5. The molecule has 0 bridgehead atoms. The molecule has 0 spiro atoms. The SMILES string of the molecule is CCCCCCCCCCCC(CCCCCCCCCCC)OCCCC. The van der Waals surface area contributed by atoms with E-state index in [0.29, 0.717) is 6.10 Å². The summed E-state index contributed by atoms with van der Waals surface area (Å²) < 4.78 is 6.23. The highest BCUT2D eigenvalue weighted by atomic mass is 16.5. The summed E-state index contributed by atoms with van der Waals surface area (Å²) in [6, 6.07) is 0. The highest BCUT2D eigenvalue weighted by molar-refractivity contribution is 4.61. The molecule has 0 fully saturated rings. The lowest BCUT2D eigenvalue weighted by molar-refractivity contribution is 0.0364. The van der Waals surface area contributed by atoms with Crippen molar-refractivity contribution in [3.8, 4) is 0 Å². The average Bonchev–Trinajstić information content (AvgIpc) is 2.71. The van der Waals surface area contributed by atoms with Gasteiger partial charge in [0.05, 0.1) is 6.10 Å². The third-order valence-corrected chi connectivity index (χ3v) is 6.11. The van der Waals surface area contributed by atoms with Gasteiger partial charge in [-0.1, -0.05) is 143 Å². The zero-order chi connectivity index (χ0) is 20.5. The van der Waals surface area contributed by atoms with Crippen molar-refractivity contribution < 1.29 is 4.74 Å². The van der Waals surface area contributed by atoms with Gasteiger partial charge in [-0.3, -0.25) is 0 Å². The van der Waals surface area contributed by atoms with E-state index >= 15 is 0 Å². The Morgan fingerprint density at radius 1 is 0.393 bits per heavy atom. The van der Waals surface area contributed by atoms with E-state index in [1.54, 1.807) is 0 Å². The largest absolute Gasteiger partial charge is 0.378 e. The van der Waals surface area contributed by atoms with Gasteiger partial charge in [-0.25, -0.2) is 0 Å². The maximum absolute atomic E-state index is 6.23. The number of ether oxygens (including phenoxy) is 1. The number of hydrogen-bond acceptors (Lipinski definition) is 1. The maximum atomic E-state index is 6.23. The lowest BCUT2D eigenvalue weighted by Crippen LogP contribution is -2.14. The molecule has 0 aromatic carbocycles. The molecule has 0 N–H and O–H groups in total. The summed E-state index contributed by atoms with van der Waals surface area (Å²) in [6.45, 7) is 7.84. The van der Waals surface area contributed by atoms with E-state index in [4.69, 9.17) is 4.74 Å². The summed E-state index contributed by atoms with van der Waals surface area (Å²) in [7, 11) is 0. The minimum Gasteiger partial charge on any atom is -0.378 e. The Labute approximate surface area is 179 Å². The fraction of sp³-hybridized carbons (Fsp3) is 1.00. The predicted octanol–water partition coefficient (Wildman–Crippen LogP) is 10.0. The summed E-state index contributed by atoms with van der Waals surface area (Å²) in [5, 5.41) is 0. The monoisotopic (exact) mass is 396 g/mol. The molecule has 0 aliphatic heterocycles. The van der Waals surface area contributed by atoms with Crippen molar-refractivity contribution in [3.63, 3.8) is 0 Å². The van der Waals surface area contributed by atoms with Crippen molar-refractivity contribution in [2.75, 3.05) is 6.61 Å². The van der Waals surface area contributed by atoms with Crippen LogP contribution in [0.5, 0.6) is 0 Å². The second kappa shape index (κ2) is 25.0. The molecule has 28 heavy (non-hydrogen) atoms. The molecule has 0 radical (unpaired) electrons. The van der Waals surface area contributed by atoms with Gasteiger partial charge in [-0.2, -0.15) is 0 Å². The van der Waals surface area contributed by atoms with Gasteiger partial charge in [0.15, 0.2) is 0 Å². The molecule has 1 nitrogen and oxygen atoms in total. The minimum absolute atomic E-state index is 0.542. The molecular weight excluding hydrogens is 340 g/mol. The van der Waals surface area contributed by atoms with Gasteiger partial charge >= 0.3 is 0 Å². The van der Waals surface area contributed by atoms with Crippen LogP contribution in [0.2, 0.25) is 0 Å². The average molecular weight is 397 g/mol. The summed E-state index contributed by atoms with van der Waals surface area (Å²) in [6.07, 6.45) is 31.3. The highest BCUT2D eigenvalue weighted by Gasteiger charge is 2.08. The molecule has 0 unspecified atom stereocenters. The number of hydrogen-bond donors (Lipinski definition) is 0. The molecule has 0 aliphatic rings. The minimum atomic E-state index is 0.542. The molecule has 0 amide bonds. The van der Waals surface area contributed by atoms with Crippen LogP contribution in [0.25, 0.3) is 0 Å². The molecule has 1 heteroatoms. The molecule has 170 valence electrons. The van der Waals surface area contributed by atoms with Crippen LogP contribution in [-0.2, 0) is 4.74 Å². The fourth-order valence-electron chi connectivity index (χ4n) is 4.07. The van der Waals surface area contributed by atoms with E-state index in [0.717, 1.165) is 6.61 Å². The van der Waals surface area contributed by atoms with E-state index in [1.165, 1.54) is 141 Å². The van der Waals surface area contributed by atoms with Gasteiger partial charge in [-0.05, 0) is 19.3 Å². The molecular formula is C27H56O. The first-order valence-corrected chi connectivity index (χ1v) is 13.5. The zero-order valence-electron chi connectivity index (χ0n) is 20.2. The second-order valence-corrected chi connectivity index (χ2v) is 9.08. The van der Waals surface area contributed by atoms with Crippen molar-refractivity contribution in [3.05, 3.63) is 0 Å². The Kier molecular flexibility index (Phi) is 25.0. The third-order valence-electron chi connectivity index (χ3n) is 6.11. The van der Waals surface area contributed by atoms with E-state index in [2.05, 4.69) is 20.8 Å². The van der Waals surface area contributed by atoms with Crippen molar-refractivity contribution >= 4 is 0 Å². The maximum Gasteiger partial charge on any atom is 0.0575 e. The second-order valence-electron chi connectivity index (χ2n) is 9.08. The molecule has 0 aromatic rings. The highest BCUT2D eigenvalue weighted by Crippen LogP contribution is 2.18. The van der Waals surface area contributed by atoms with Crippen LogP contribution in [0.4, 0.5) is 0 Å². The van der Waals surface area contributed by atoms with E-state index < -0.39 is 0 Å². The van der Waals surface area contributed by atoms with Gasteiger partial charge in [-0.15, -0.1) is 0 Å².